The Morgan fingerprint density at radius 2 is 1.42 bits per heavy atom. The van der Waals surface area contributed by atoms with E-state index in [0.29, 0.717) is 0 Å². The van der Waals surface area contributed by atoms with Crippen molar-refractivity contribution in [2.45, 2.75) is 65.2 Å². The first-order chi connectivity index (χ1) is 9.36. The van der Waals surface area contributed by atoms with Crippen LogP contribution in [0.2, 0.25) is 0 Å². The molecule has 1 heteroatoms. The minimum absolute atomic E-state index is 0.956. The van der Waals surface area contributed by atoms with Crippen molar-refractivity contribution in [3.8, 4) is 0 Å². The standard InChI is InChI=1S/C18H31N/c1-3-5-11-17(12-6-4-2)13-10-16-19-18-14-8-7-9-15-18/h7-9,14-15,17,19H,3-6,10-13,16H2,1-2H3. The minimum atomic E-state index is 0.956. The van der Waals surface area contributed by atoms with E-state index in [0.717, 1.165) is 12.5 Å². The highest BCUT2D eigenvalue weighted by Gasteiger charge is 2.07. The molecule has 0 aliphatic rings. The zero-order chi connectivity index (χ0) is 13.8. The van der Waals surface area contributed by atoms with Crippen molar-refractivity contribution in [2.24, 2.45) is 5.92 Å². The monoisotopic (exact) mass is 261 g/mol. The number of hydrogen-bond donors (Lipinski definition) is 1. The van der Waals surface area contributed by atoms with Gasteiger partial charge >= 0.3 is 0 Å². The van der Waals surface area contributed by atoms with Gasteiger partial charge in [0.25, 0.3) is 0 Å². The summed E-state index contributed by atoms with van der Waals surface area (Å²) in [6.07, 6.45) is 11.0. The highest BCUT2D eigenvalue weighted by molar-refractivity contribution is 5.42. The van der Waals surface area contributed by atoms with Gasteiger partial charge in [-0.2, -0.15) is 0 Å². The van der Waals surface area contributed by atoms with Crippen LogP contribution in [0.25, 0.3) is 0 Å². The van der Waals surface area contributed by atoms with Crippen LogP contribution in [0.4, 0.5) is 5.69 Å². The summed E-state index contributed by atoms with van der Waals surface area (Å²) in [6.45, 7) is 5.71. The molecule has 1 rings (SSSR count). The second kappa shape index (κ2) is 10.9. The third-order valence-electron chi connectivity index (χ3n) is 3.82. The molecule has 0 amide bonds. The molecule has 1 nitrogen and oxygen atoms in total. The van der Waals surface area contributed by atoms with Crippen LogP contribution in [0.1, 0.15) is 65.2 Å². The molecule has 1 aromatic rings. The van der Waals surface area contributed by atoms with Gasteiger partial charge in [-0.25, -0.2) is 0 Å². The summed E-state index contributed by atoms with van der Waals surface area (Å²) in [6, 6.07) is 10.5. The van der Waals surface area contributed by atoms with E-state index in [-0.39, 0.29) is 0 Å². The predicted molar refractivity (Wildman–Crippen MR) is 86.7 cm³/mol. The van der Waals surface area contributed by atoms with E-state index in [1.165, 1.54) is 57.1 Å². The first-order valence-electron chi connectivity index (χ1n) is 8.15. The SMILES string of the molecule is CCCCC(CCCC)CCCNc1ccccc1. The topological polar surface area (TPSA) is 12.0 Å². The molecule has 1 N–H and O–H groups in total. The fourth-order valence-electron chi connectivity index (χ4n) is 2.60. The van der Waals surface area contributed by atoms with Crippen LogP contribution in [0, 0.1) is 5.92 Å². The summed E-state index contributed by atoms with van der Waals surface area (Å²) in [7, 11) is 0. The third-order valence-corrected chi connectivity index (χ3v) is 3.82. The molecule has 1 aromatic carbocycles. The predicted octanol–water partition coefficient (Wildman–Crippen LogP) is 5.88. The number of para-hydroxylation sites is 1. The third kappa shape index (κ3) is 7.92. The van der Waals surface area contributed by atoms with Gasteiger partial charge in [0.05, 0.1) is 0 Å². The Bertz CT molecular complexity index is 286. The van der Waals surface area contributed by atoms with Crippen molar-refractivity contribution >= 4 is 5.69 Å². The highest BCUT2D eigenvalue weighted by Crippen LogP contribution is 2.21. The molecular weight excluding hydrogens is 230 g/mol. The Kier molecular flexibility index (Phi) is 9.22. The van der Waals surface area contributed by atoms with E-state index < -0.39 is 0 Å². The summed E-state index contributed by atoms with van der Waals surface area (Å²) in [5.74, 6) is 0.956. The Hall–Kier alpha value is -0.980. The van der Waals surface area contributed by atoms with Crippen molar-refractivity contribution in [3.05, 3.63) is 30.3 Å². The summed E-state index contributed by atoms with van der Waals surface area (Å²) in [5, 5.41) is 3.51. The lowest BCUT2D eigenvalue weighted by molar-refractivity contribution is 0.388. The van der Waals surface area contributed by atoms with E-state index in [2.05, 4.69) is 49.5 Å². The highest BCUT2D eigenvalue weighted by atomic mass is 14.9. The van der Waals surface area contributed by atoms with Gasteiger partial charge in [-0.1, -0.05) is 70.6 Å². The zero-order valence-corrected chi connectivity index (χ0v) is 12.8. The van der Waals surface area contributed by atoms with Gasteiger partial charge in [-0.15, -0.1) is 0 Å². The van der Waals surface area contributed by atoms with Gasteiger partial charge in [-0.3, -0.25) is 0 Å². The number of nitrogens with one attached hydrogen (secondary N) is 1. The van der Waals surface area contributed by atoms with Crippen LogP contribution in [0.5, 0.6) is 0 Å². The van der Waals surface area contributed by atoms with Crippen molar-refractivity contribution in [3.63, 3.8) is 0 Å². The maximum Gasteiger partial charge on any atom is 0.0340 e. The Labute approximate surface area is 119 Å². The lowest BCUT2D eigenvalue weighted by Gasteiger charge is -2.16. The summed E-state index contributed by atoms with van der Waals surface area (Å²) in [5.41, 5.74) is 1.25. The van der Waals surface area contributed by atoms with Crippen LogP contribution in [-0.4, -0.2) is 6.54 Å². The smallest absolute Gasteiger partial charge is 0.0340 e. The summed E-state index contributed by atoms with van der Waals surface area (Å²) >= 11 is 0. The van der Waals surface area contributed by atoms with Crippen LogP contribution in [-0.2, 0) is 0 Å². The van der Waals surface area contributed by atoms with Crippen molar-refractivity contribution in [1.82, 2.24) is 0 Å². The number of rotatable bonds is 11. The Balaban J connectivity index is 2.16. The van der Waals surface area contributed by atoms with Gasteiger partial charge in [0.2, 0.25) is 0 Å². The molecule has 0 aromatic heterocycles. The molecule has 108 valence electrons. The second-order valence-corrected chi connectivity index (χ2v) is 5.59. The van der Waals surface area contributed by atoms with Crippen molar-refractivity contribution in [2.75, 3.05) is 11.9 Å². The number of unbranched alkanes of at least 4 members (excludes halogenated alkanes) is 2. The van der Waals surface area contributed by atoms with Crippen molar-refractivity contribution < 1.29 is 0 Å². The molecule has 0 spiro atoms. The largest absolute Gasteiger partial charge is 0.385 e. The first-order valence-corrected chi connectivity index (χ1v) is 8.15. The summed E-state index contributed by atoms with van der Waals surface area (Å²) < 4.78 is 0. The lowest BCUT2D eigenvalue weighted by Crippen LogP contribution is -2.06. The molecule has 0 bridgehead atoms. The van der Waals surface area contributed by atoms with E-state index >= 15 is 0 Å². The molecule has 0 saturated heterocycles. The molecule has 0 heterocycles. The van der Waals surface area contributed by atoms with Crippen molar-refractivity contribution in [1.29, 1.82) is 0 Å². The Morgan fingerprint density at radius 1 is 0.842 bits per heavy atom. The molecule has 0 atom stereocenters. The van der Waals surface area contributed by atoms with Gasteiger partial charge in [0.1, 0.15) is 0 Å². The number of hydrogen-bond acceptors (Lipinski definition) is 1. The lowest BCUT2D eigenvalue weighted by atomic mass is 9.91. The van der Waals surface area contributed by atoms with Gasteiger partial charge in [-0.05, 0) is 30.9 Å². The van der Waals surface area contributed by atoms with Gasteiger partial charge < -0.3 is 5.32 Å². The quantitative estimate of drug-likeness (QED) is 0.491. The first kappa shape index (κ1) is 16.1. The maximum absolute atomic E-state index is 3.51. The molecule has 0 fully saturated rings. The normalized spacial score (nSPS) is 10.9. The van der Waals surface area contributed by atoms with E-state index in [1.807, 2.05) is 0 Å². The number of anilines is 1. The van der Waals surface area contributed by atoms with Crippen LogP contribution < -0.4 is 5.32 Å². The molecule has 0 aliphatic carbocycles. The van der Waals surface area contributed by atoms with E-state index in [9.17, 15) is 0 Å². The van der Waals surface area contributed by atoms with Crippen LogP contribution in [0.3, 0.4) is 0 Å². The Morgan fingerprint density at radius 3 is 2.00 bits per heavy atom. The zero-order valence-electron chi connectivity index (χ0n) is 12.8. The van der Waals surface area contributed by atoms with Gasteiger partial charge in [0.15, 0.2) is 0 Å². The molecule has 0 radical (unpaired) electrons. The average Bonchev–Trinajstić information content (AvgIpc) is 2.46. The molecule has 0 saturated carbocycles. The molecule has 0 aliphatic heterocycles. The fraction of sp³-hybridized carbons (Fsp3) is 0.667. The van der Waals surface area contributed by atoms with Gasteiger partial charge in [0, 0.05) is 12.2 Å². The molecular formula is C18H31N. The molecule has 19 heavy (non-hydrogen) atoms. The van der Waals surface area contributed by atoms with E-state index in [4.69, 9.17) is 0 Å². The number of benzene rings is 1. The fourth-order valence-corrected chi connectivity index (χ4v) is 2.60. The van der Waals surface area contributed by atoms with Crippen LogP contribution in [0.15, 0.2) is 30.3 Å². The van der Waals surface area contributed by atoms with E-state index in [1.54, 1.807) is 0 Å². The minimum Gasteiger partial charge on any atom is -0.385 e. The maximum atomic E-state index is 3.51. The molecule has 0 unspecified atom stereocenters. The average molecular weight is 261 g/mol. The van der Waals surface area contributed by atoms with Crippen LogP contribution >= 0.6 is 0 Å². The summed E-state index contributed by atoms with van der Waals surface area (Å²) in [4.78, 5) is 0. The second-order valence-electron chi connectivity index (χ2n) is 5.59.